The summed E-state index contributed by atoms with van der Waals surface area (Å²) in [4.78, 5) is 31.3. The van der Waals surface area contributed by atoms with Crippen LogP contribution in [0.1, 0.15) is 69.2 Å². The van der Waals surface area contributed by atoms with Crippen molar-refractivity contribution in [1.29, 1.82) is 0 Å². The number of benzene rings is 4. The van der Waals surface area contributed by atoms with Crippen LogP contribution in [0.4, 0.5) is 37.7 Å². The number of aromatic carboxylic acids is 1. The zero-order valence-corrected chi connectivity index (χ0v) is 28.9. The fourth-order valence-corrected chi connectivity index (χ4v) is 4.75. The van der Waals surface area contributed by atoms with Crippen LogP contribution < -0.4 is 11.1 Å². The number of hydrogen-bond acceptors (Lipinski definition) is 5. The summed E-state index contributed by atoms with van der Waals surface area (Å²) < 4.78 is 80.8. The van der Waals surface area contributed by atoms with Gasteiger partial charge in [-0.3, -0.25) is 4.79 Å². The molecule has 4 aromatic carbocycles. The highest BCUT2D eigenvalue weighted by Crippen LogP contribution is 2.33. The second kappa shape index (κ2) is 19.4. The van der Waals surface area contributed by atoms with Crippen molar-refractivity contribution in [3.05, 3.63) is 155 Å². The van der Waals surface area contributed by atoms with Gasteiger partial charge in [0.2, 0.25) is 0 Å². The van der Waals surface area contributed by atoms with Gasteiger partial charge >= 0.3 is 18.3 Å². The summed E-state index contributed by atoms with van der Waals surface area (Å²) in [5, 5.41) is 11.4. The van der Waals surface area contributed by atoms with Crippen LogP contribution in [0.15, 0.2) is 110 Å². The number of aryl methyl sites for hydroxylation is 2. The number of rotatable bonds is 5. The maximum absolute atomic E-state index is 13.3. The molecule has 15 heteroatoms. The molecule has 0 aliphatic carbocycles. The SMILES string of the molecule is C.C.C#Cc1cccc(N)c1.C#Cc1cccc(NC(=O)c2cc(-n3cnc(C)c3)cc(C(F)(F)F)c2)c1.Cc1cn(-c2cc(C(=O)O)cc(C(F)(F)F)c2)cn1. The molecule has 0 saturated heterocycles. The van der Waals surface area contributed by atoms with Gasteiger partial charge in [-0.05, 0) is 86.6 Å². The van der Waals surface area contributed by atoms with E-state index in [9.17, 15) is 35.9 Å². The number of carboxylic acid groups (broad SMARTS) is 1. The molecule has 0 radical (unpaired) electrons. The quantitative estimate of drug-likeness (QED) is 0.0907. The third-order valence-corrected chi connectivity index (χ3v) is 7.36. The van der Waals surface area contributed by atoms with Crippen LogP contribution in [0.25, 0.3) is 11.4 Å². The monoisotopic (exact) mass is 788 g/mol. The summed E-state index contributed by atoms with van der Waals surface area (Å²) >= 11 is 0. The second-order valence-electron chi connectivity index (χ2n) is 11.6. The number of imidazole rings is 2. The van der Waals surface area contributed by atoms with Crippen LogP contribution in [0.3, 0.4) is 0 Å². The Morgan fingerprint density at radius 2 is 1.16 bits per heavy atom. The first kappa shape index (κ1) is 45.9. The van der Waals surface area contributed by atoms with Gasteiger partial charge in [-0.25, -0.2) is 14.8 Å². The molecule has 2 aromatic heterocycles. The molecule has 0 atom stereocenters. The van der Waals surface area contributed by atoms with Crippen molar-refractivity contribution in [1.82, 2.24) is 19.1 Å². The molecule has 6 rings (SSSR count). The van der Waals surface area contributed by atoms with E-state index in [0.717, 1.165) is 23.8 Å². The number of nitrogens with zero attached hydrogens (tertiary/aromatic N) is 4. The Bertz CT molecular complexity index is 2420. The minimum atomic E-state index is -4.60. The van der Waals surface area contributed by atoms with Gasteiger partial charge in [0.05, 0.1) is 40.7 Å². The van der Waals surface area contributed by atoms with Gasteiger partial charge in [-0.15, -0.1) is 12.8 Å². The molecule has 6 aromatic rings. The number of anilines is 2. The molecule has 0 unspecified atom stereocenters. The molecule has 2 heterocycles. The van der Waals surface area contributed by atoms with E-state index in [0.29, 0.717) is 34.4 Å². The highest BCUT2D eigenvalue weighted by Gasteiger charge is 2.33. The Balaban J connectivity index is 0.000000325. The molecule has 0 spiro atoms. The van der Waals surface area contributed by atoms with Crippen LogP contribution in [0, 0.1) is 38.5 Å². The van der Waals surface area contributed by atoms with Crippen molar-refractivity contribution in [2.45, 2.75) is 41.1 Å². The molecule has 296 valence electrons. The van der Waals surface area contributed by atoms with Crippen molar-refractivity contribution in [2.24, 2.45) is 0 Å². The van der Waals surface area contributed by atoms with Crippen LogP contribution in [0.5, 0.6) is 0 Å². The van der Waals surface area contributed by atoms with E-state index in [4.69, 9.17) is 23.7 Å². The smallest absolute Gasteiger partial charge is 0.416 e. The molecule has 0 saturated carbocycles. The zero-order valence-electron chi connectivity index (χ0n) is 28.9. The number of hydrogen-bond donors (Lipinski definition) is 3. The molecule has 9 nitrogen and oxygen atoms in total. The van der Waals surface area contributed by atoms with E-state index in [1.807, 2.05) is 12.1 Å². The molecule has 57 heavy (non-hydrogen) atoms. The first-order valence-corrected chi connectivity index (χ1v) is 15.8. The number of nitrogens with one attached hydrogen (secondary N) is 1. The van der Waals surface area contributed by atoms with Crippen molar-refractivity contribution in [2.75, 3.05) is 11.1 Å². The minimum Gasteiger partial charge on any atom is -0.478 e. The predicted octanol–water partition coefficient (Wildman–Crippen LogP) is 9.85. The van der Waals surface area contributed by atoms with Gasteiger partial charge in [0.1, 0.15) is 0 Å². The standard InChI is InChI=1S/C20H14F3N3O.C12H9F3N2O2.C8H7N.2CH4/c1-3-14-5-4-6-17(7-14)25-19(27)15-8-16(20(21,22)23)10-18(9-15)26-11-13(2)24-12-26;1-7-5-17(6-16-7)10-3-8(11(18)19)2-9(4-10)12(13,14)15;1-2-7-4-3-5-8(9)6-7;;/h1,4-12H,2H3,(H,25,27);2-6H,1H3,(H,18,19);1,3-6H,9H2;2*1H4. The van der Waals surface area contributed by atoms with Gasteiger partial charge in [0.25, 0.3) is 5.91 Å². The van der Waals surface area contributed by atoms with Gasteiger partial charge in [-0.2, -0.15) is 26.3 Å². The van der Waals surface area contributed by atoms with Crippen molar-refractivity contribution in [3.63, 3.8) is 0 Å². The fourth-order valence-electron chi connectivity index (χ4n) is 4.75. The van der Waals surface area contributed by atoms with Crippen LogP contribution in [-0.4, -0.2) is 36.1 Å². The number of carbonyl (C=O) groups excluding carboxylic acids is 1. The normalized spacial score (nSPS) is 10.4. The highest BCUT2D eigenvalue weighted by molar-refractivity contribution is 6.04. The Morgan fingerprint density at radius 1 is 0.702 bits per heavy atom. The summed E-state index contributed by atoms with van der Waals surface area (Å²) in [5.41, 5.74) is 7.00. The maximum atomic E-state index is 13.3. The summed E-state index contributed by atoms with van der Waals surface area (Å²) in [6.45, 7) is 3.40. The van der Waals surface area contributed by atoms with E-state index in [2.05, 4.69) is 27.1 Å². The molecular formula is C42H38F6N6O3. The van der Waals surface area contributed by atoms with E-state index >= 15 is 0 Å². The Hall–Kier alpha value is -7.26. The molecular weight excluding hydrogens is 750 g/mol. The van der Waals surface area contributed by atoms with Gasteiger partial charge in [0.15, 0.2) is 0 Å². The zero-order chi connectivity index (χ0) is 40.5. The van der Waals surface area contributed by atoms with Gasteiger partial charge in [0, 0.05) is 51.8 Å². The third-order valence-electron chi connectivity index (χ3n) is 7.36. The Morgan fingerprint density at radius 3 is 1.56 bits per heavy atom. The molecule has 1 amide bonds. The third kappa shape index (κ3) is 12.9. The van der Waals surface area contributed by atoms with Crippen LogP contribution in [-0.2, 0) is 12.4 Å². The lowest BCUT2D eigenvalue weighted by Gasteiger charge is -2.13. The number of halogens is 6. The molecule has 0 aliphatic rings. The van der Waals surface area contributed by atoms with Gasteiger partial charge < -0.3 is 25.3 Å². The maximum Gasteiger partial charge on any atom is 0.416 e. The fraction of sp³-hybridized carbons (Fsp3) is 0.143. The van der Waals surface area contributed by atoms with Gasteiger partial charge in [-0.1, -0.05) is 38.8 Å². The average molecular weight is 789 g/mol. The minimum absolute atomic E-state index is 0. The van der Waals surface area contributed by atoms with Crippen molar-refractivity contribution < 1.29 is 41.0 Å². The number of carboxylic acids is 1. The number of carbonyl (C=O) groups is 2. The van der Waals surface area contributed by atoms with Crippen LogP contribution in [0.2, 0.25) is 0 Å². The number of nitrogens with two attached hydrogens (primary N) is 1. The lowest BCUT2D eigenvalue weighted by molar-refractivity contribution is -0.138. The van der Waals surface area contributed by atoms with E-state index in [-0.39, 0.29) is 31.8 Å². The van der Waals surface area contributed by atoms with Crippen LogP contribution >= 0.6 is 0 Å². The lowest BCUT2D eigenvalue weighted by Crippen LogP contribution is -2.15. The summed E-state index contributed by atoms with van der Waals surface area (Å²) in [6.07, 6.45) is 7.05. The highest BCUT2D eigenvalue weighted by atomic mass is 19.4. The summed E-state index contributed by atoms with van der Waals surface area (Å²) in [6, 6.07) is 19.6. The molecule has 0 aliphatic heterocycles. The first-order chi connectivity index (χ1) is 25.9. The largest absolute Gasteiger partial charge is 0.478 e. The topological polar surface area (TPSA) is 128 Å². The predicted molar refractivity (Wildman–Crippen MR) is 208 cm³/mol. The average Bonchev–Trinajstić information content (AvgIpc) is 3.79. The number of aromatic nitrogens is 4. The van der Waals surface area contributed by atoms with Crippen molar-refractivity contribution in [3.8, 4) is 36.1 Å². The molecule has 0 bridgehead atoms. The van der Waals surface area contributed by atoms with Crippen molar-refractivity contribution >= 4 is 23.3 Å². The Labute approximate surface area is 325 Å². The number of amides is 1. The molecule has 0 fully saturated rings. The molecule has 4 N–H and O–H groups in total. The second-order valence-corrected chi connectivity index (χ2v) is 11.6. The number of terminal acetylenes is 2. The lowest BCUT2D eigenvalue weighted by atomic mass is 10.1. The van der Waals surface area contributed by atoms with E-state index in [1.165, 1.54) is 40.1 Å². The Kier molecular flexibility index (Phi) is 15.6. The van der Waals surface area contributed by atoms with E-state index in [1.54, 1.807) is 56.4 Å². The number of alkyl halides is 6. The first-order valence-electron chi connectivity index (χ1n) is 15.8. The van der Waals surface area contributed by atoms with E-state index < -0.39 is 40.9 Å². The summed E-state index contributed by atoms with van der Waals surface area (Å²) in [5.74, 6) is 2.83. The summed E-state index contributed by atoms with van der Waals surface area (Å²) in [7, 11) is 0. The number of nitrogen functional groups attached to an aromatic ring is 1.